The first-order valence-corrected chi connectivity index (χ1v) is 8.56. The molecule has 3 aliphatic rings. The van der Waals surface area contributed by atoms with Gasteiger partial charge in [-0.15, -0.1) is 0 Å². The fourth-order valence-electron chi connectivity index (χ4n) is 4.58. The number of nitro groups is 1. The van der Waals surface area contributed by atoms with Gasteiger partial charge >= 0.3 is 5.69 Å². The molecule has 0 unspecified atom stereocenters. The van der Waals surface area contributed by atoms with Crippen molar-refractivity contribution in [1.82, 2.24) is 0 Å². The van der Waals surface area contributed by atoms with Gasteiger partial charge in [0.1, 0.15) is 10.0 Å². The van der Waals surface area contributed by atoms with Crippen molar-refractivity contribution >= 4 is 46.4 Å². The number of carbonyl (C=O) groups is 2. The van der Waals surface area contributed by atoms with E-state index in [1.54, 1.807) is 0 Å². The number of imide groups is 1. The van der Waals surface area contributed by atoms with Gasteiger partial charge in [-0.25, -0.2) is 4.90 Å². The third-order valence-corrected chi connectivity index (χ3v) is 6.22. The van der Waals surface area contributed by atoms with Crippen LogP contribution < -0.4 is 4.90 Å². The Bertz CT molecular complexity index is 802. The zero-order chi connectivity index (χ0) is 18.3. The van der Waals surface area contributed by atoms with Crippen LogP contribution in [0.4, 0.5) is 11.4 Å². The second-order valence-corrected chi connectivity index (χ2v) is 8.02. The van der Waals surface area contributed by atoms with Crippen LogP contribution in [-0.4, -0.2) is 27.9 Å². The molecule has 9 heteroatoms. The van der Waals surface area contributed by atoms with Gasteiger partial charge in [-0.05, 0) is 38.8 Å². The third kappa shape index (κ3) is 2.03. The third-order valence-electron chi connectivity index (χ3n) is 5.65. The average molecular weight is 385 g/mol. The van der Waals surface area contributed by atoms with Gasteiger partial charge < -0.3 is 4.74 Å². The molecule has 2 amide bonds. The molecule has 0 aliphatic carbocycles. The van der Waals surface area contributed by atoms with E-state index in [1.165, 1.54) is 12.1 Å². The summed E-state index contributed by atoms with van der Waals surface area (Å²) >= 11 is 11.9. The Morgan fingerprint density at radius 1 is 1.12 bits per heavy atom. The number of ether oxygens (including phenoxy) is 1. The van der Waals surface area contributed by atoms with Crippen molar-refractivity contribution in [3.05, 3.63) is 32.3 Å². The summed E-state index contributed by atoms with van der Waals surface area (Å²) in [6, 6.07) is 2.46. The Balaban J connectivity index is 1.80. The summed E-state index contributed by atoms with van der Waals surface area (Å²) in [5.41, 5.74) is -1.64. The first kappa shape index (κ1) is 16.8. The number of hydrogen-bond acceptors (Lipinski definition) is 5. The zero-order valence-corrected chi connectivity index (χ0v) is 14.9. The average Bonchev–Trinajstić information content (AvgIpc) is 3.02. The second-order valence-electron chi connectivity index (χ2n) is 7.21. The molecule has 7 nitrogen and oxygen atoms in total. The number of anilines is 1. The van der Waals surface area contributed by atoms with E-state index < -0.39 is 33.6 Å². The van der Waals surface area contributed by atoms with Crippen LogP contribution in [0.5, 0.6) is 0 Å². The maximum absolute atomic E-state index is 13.0. The minimum atomic E-state index is -0.701. The first-order chi connectivity index (χ1) is 11.6. The highest BCUT2D eigenvalue weighted by Crippen LogP contribution is 2.61. The Hall–Kier alpha value is -1.70. The molecular formula is C16H14Cl2N2O5. The molecule has 3 heterocycles. The van der Waals surface area contributed by atoms with Gasteiger partial charge in [0.05, 0.1) is 33.6 Å². The van der Waals surface area contributed by atoms with E-state index in [0.29, 0.717) is 12.8 Å². The van der Waals surface area contributed by atoms with Gasteiger partial charge in [-0.1, -0.05) is 23.2 Å². The van der Waals surface area contributed by atoms with Gasteiger partial charge in [0, 0.05) is 0 Å². The topological polar surface area (TPSA) is 89.8 Å². The molecule has 3 aliphatic heterocycles. The Labute approximate surface area is 153 Å². The van der Waals surface area contributed by atoms with Crippen molar-refractivity contribution in [3.63, 3.8) is 0 Å². The molecule has 3 saturated heterocycles. The summed E-state index contributed by atoms with van der Waals surface area (Å²) in [5, 5.41) is 10.6. The van der Waals surface area contributed by atoms with Crippen molar-refractivity contribution < 1.29 is 19.2 Å². The molecule has 132 valence electrons. The lowest BCUT2D eigenvalue weighted by Gasteiger charge is -2.27. The van der Waals surface area contributed by atoms with Crippen LogP contribution in [0.2, 0.25) is 10.0 Å². The molecule has 0 N–H and O–H groups in total. The smallest absolute Gasteiger partial charge is 0.306 e. The molecule has 25 heavy (non-hydrogen) atoms. The highest BCUT2D eigenvalue weighted by atomic mass is 35.5. The molecule has 1 aromatic rings. The Kier molecular flexibility index (Phi) is 3.30. The van der Waals surface area contributed by atoms with Crippen LogP contribution in [0.25, 0.3) is 0 Å². The summed E-state index contributed by atoms with van der Waals surface area (Å²) < 4.78 is 6.03. The predicted molar refractivity (Wildman–Crippen MR) is 89.7 cm³/mol. The first-order valence-electron chi connectivity index (χ1n) is 7.80. The van der Waals surface area contributed by atoms with Gasteiger partial charge in [0.15, 0.2) is 0 Å². The number of carbonyl (C=O) groups excluding carboxylic acids is 2. The summed E-state index contributed by atoms with van der Waals surface area (Å²) in [5.74, 6) is -1.87. The lowest BCUT2D eigenvalue weighted by atomic mass is 9.69. The van der Waals surface area contributed by atoms with Gasteiger partial charge in [-0.2, -0.15) is 0 Å². The number of nitro benzene ring substituents is 1. The van der Waals surface area contributed by atoms with Crippen LogP contribution in [0.3, 0.4) is 0 Å². The lowest BCUT2D eigenvalue weighted by Crippen LogP contribution is -2.40. The minimum Gasteiger partial charge on any atom is -0.367 e. The zero-order valence-electron chi connectivity index (χ0n) is 13.4. The highest BCUT2D eigenvalue weighted by molar-refractivity contribution is 6.39. The number of hydrogen-bond donors (Lipinski definition) is 0. The van der Waals surface area contributed by atoms with Crippen molar-refractivity contribution in [3.8, 4) is 0 Å². The number of halogens is 2. The van der Waals surface area contributed by atoms with E-state index >= 15 is 0 Å². The van der Waals surface area contributed by atoms with E-state index in [9.17, 15) is 19.7 Å². The number of rotatable bonds is 2. The molecule has 0 radical (unpaired) electrons. The Morgan fingerprint density at radius 2 is 1.56 bits per heavy atom. The second kappa shape index (κ2) is 4.93. The number of benzene rings is 1. The number of nitrogens with zero attached hydrogens (tertiary/aromatic N) is 2. The van der Waals surface area contributed by atoms with E-state index in [0.717, 1.165) is 4.90 Å². The summed E-state index contributed by atoms with van der Waals surface area (Å²) in [6.07, 6.45) is 1.42. The van der Waals surface area contributed by atoms with Gasteiger partial charge in [0.25, 0.3) is 0 Å². The molecule has 4 rings (SSSR count). The minimum absolute atomic E-state index is 0.150. The molecule has 2 bridgehead atoms. The van der Waals surface area contributed by atoms with E-state index in [1.807, 2.05) is 13.8 Å². The molecule has 0 saturated carbocycles. The molecule has 0 spiro atoms. The maximum atomic E-state index is 13.0. The molecule has 4 atom stereocenters. The molecule has 1 aromatic carbocycles. The molecule has 0 aromatic heterocycles. The standard InChI is InChI=1S/C16H14Cl2N2O5/c1-15-3-4-16(2,25-15)11-10(15)13(21)19(14(11)22)7-5-8(17)12(20(23)24)9(18)6-7/h5-6,10-11H,3-4H2,1-2H3/t10-,11+,15-,16+. The highest BCUT2D eigenvalue weighted by Gasteiger charge is 2.72. The van der Waals surface area contributed by atoms with Crippen molar-refractivity contribution in [2.45, 2.75) is 37.9 Å². The van der Waals surface area contributed by atoms with Crippen LogP contribution in [0, 0.1) is 22.0 Å². The van der Waals surface area contributed by atoms with Gasteiger partial charge in [-0.3, -0.25) is 19.7 Å². The van der Waals surface area contributed by atoms with Crippen LogP contribution in [0.1, 0.15) is 26.7 Å². The summed E-state index contributed by atoms with van der Waals surface area (Å²) in [7, 11) is 0. The normalized spacial score (nSPS) is 36.2. The molecule has 3 fully saturated rings. The fourth-order valence-corrected chi connectivity index (χ4v) is 5.19. The quantitative estimate of drug-likeness (QED) is 0.443. The largest absolute Gasteiger partial charge is 0.367 e. The summed E-state index contributed by atoms with van der Waals surface area (Å²) in [6.45, 7) is 3.71. The van der Waals surface area contributed by atoms with E-state index in [2.05, 4.69) is 0 Å². The lowest BCUT2D eigenvalue weighted by molar-refractivity contribution is -0.384. The van der Waals surface area contributed by atoms with Crippen LogP contribution >= 0.6 is 23.2 Å². The number of fused-ring (bicyclic) bond motifs is 5. The van der Waals surface area contributed by atoms with Crippen molar-refractivity contribution in [1.29, 1.82) is 0 Å². The monoisotopic (exact) mass is 384 g/mol. The maximum Gasteiger partial charge on any atom is 0.306 e. The molecular weight excluding hydrogens is 371 g/mol. The SMILES string of the molecule is C[C@]12CC[C@](C)(O1)[C@@H]1C(=O)N(c3cc(Cl)c([N+](=O)[O-])c(Cl)c3)C(=O)[C@@H]12. The predicted octanol–water partition coefficient (Wildman–Crippen LogP) is 3.35. The van der Waals surface area contributed by atoms with E-state index in [4.69, 9.17) is 27.9 Å². The van der Waals surface area contributed by atoms with E-state index in [-0.39, 0.29) is 27.5 Å². The van der Waals surface area contributed by atoms with Crippen LogP contribution in [-0.2, 0) is 14.3 Å². The van der Waals surface area contributed by atoms with Crippen LogP contribution in [0.15, 0.2) is 12.1 Å². The summed E-state index contributed by atoms with van der Waals surface area (Å²) in [4.78, 5) is 37.3. The van der Waals surface area contributed by atoms with Gasteiger partial charge in [0.2, 0.25) is 11.8 Å². The van der Waals surface area contributed by atoms with Crippen molar-refractivity contribution in [2.75, 3.05) is 4.90 Å². The number of amides is 2. The fraction of sp³-hybridized carbons (Fsp3) is 0.500. The van der Waals surface area contributed by atoms with Crippen molar-refractivity contribution in [2.24, 2.45) is 11.8 Å². The Morgan fingerprint density at radius 3 is 1.96 bits per heavy atom.